The number of hydrogen-bond donors (Lipinski definition) is 0. The summed E-state index contributed by atoms with van der Waals surface area (Å²) in [7, 11) is 0. The highest BCUT2D eigenvalue weighted by atomic mass is 32.2. The summed E-state index contributed by atoms with van der Waals surface area (Å²) in [6.07, 6.45) is 4.45. The molecule has 0 bridgehead atoms. The minimum Gasteiger partial charge on any atom is -0.299 e. The Bertz CT molecular complexity index is 291. The summed E-state index contributed by atoms with van der Waals surface area (Å²) >= 11 is 3.50. The molecule has 1 aromatic heterocycles. The van der Waals surface area contributed by atoms with Gasteiger partial charge in [-0.2, -0.15) is 11.8 Å². The average Bonchev–Trinajstić information content (AvgIpc) is 2.62. The number of ketones is 1. The maximum Gasteiger partial charge on any atom is 0.138 e. The first-order valence-electron chi connectivity index (χ1n) is 4.84. The first kappa shape index (κ1) is 11.8. The van der Waals surface area contributed by atoms with E-state index in [2.05, 4.69) is 19.1 Å². The Labute approximate surface area is 93.9 Å². The van der Waals surface area contributed by atoms with Crippen LogP contribution < -0.4 is 0 Å². The van der Waals surface area contributed by atoms with E-state index in [0.717, 1.165) is 12.2 Å². The van der Waals surface area contributed by atoms with Gasteiger partial charge in [-0.1, -0.05) is 6.92 Å². The Morgan fingerprint density at radius 1 is 1.43 bits per heavy atom. The number of aryl methyl sites for hydroxylation is 1. The molecule has 14 heavy (non-hydrogen) atoms. The van der Waals surface area contributed by atoms with Crippen LogP contribution in [0.5, 0.6) is 0 Å². The molecule has 0 atom stereocenters. The second-order valence-corrected chi connectivity index (χ2v) is 5.42. The van der Waals surface area contributed by atoms with Crippen LogP contribution in [-0.2, 0) is 17.6 Å². The molecule has 0 saturated heterocycles. The minimum atomic E-state index is 0.365. The van der Waals surface area contributed by atoms with E-state index in [1.807, 2.05) is 6.26 Å². The van der Waals surface area contributed by atoms with Crippen molar-refractivity contribution in [2.45, 2.75) is 26.2 Å². The summed E-state index contributed by atoms with van der Waals surface area (Å²) in [4.78, 5) is 14.1. The molecule has 0 unspecified atom stereocenters. The van der Waals surface area contributed by atoms with Gasteiger partial charge in [0.2, 0.25) is 0 Å². The Hall–Kier alpha value is -0.280. The summed E-state index contributed by atoms with van der Waals surface area (Å²) in [6.45, 7) is 2.14. The number of hydrogen-bond acceptors (Lipinski definition) is 3. The largest absolute Gasteiger partial charge is 0.299 e. The zero-order chi connectivity index (χ0) is 10.4. The summed E-state index contributed by atoms with van der Waals surface area (Å²) in [5, 5.41) is 0. The van der Waals surface area contributed by atoms with Crippen LogP contribution in [-0.4, -0.2) is 17.8 Å². The van der Waals surface area contributed by atoms with Crippen molar-refractivity contribution in [3.05, 3.63) is 21.9 Å². The highest BCUT2D eigenvalue weighted by Gasteiger charge is 2.05. The van der Waals surface area contributed by atoms with E-state index in [1.165, 1.54) is 9.75 Å². The highest BCUT2D eigenvalue weighted by Crippen LogP contribution is 2.18. The fraction of sp³-hybridized carbons (Fsp3) is 0.545. The number of Topliss-reactive ketones (excluding diaryl/α,β-unsaturated/α-hetero) is 1. The van der Waals surface area contributed by atoms with Crippen molar-refractivity contribution in [3.8, 4) is 0 Å². The smallest absolute Gasteiger partial charge is 0.138 e. The normalized spacial score (nSPS) is 10.4. The van der Waals surface area contributed by atoms with Gasteiger partial charge in [0.1, 0.15) is 5.78 Å². The van der Waals surface area contributed by atoms with Crippen molar-refractivity contribution in [2.75, 3.05) is 12.0 Å². The molecule has 0 aromatic carbocycles. The lowest BCUT2D eigenvalue weighted by Crippen LogP contribution is -2.02. The third-order valence-corrected chi connectivity index (χ3v) is 3.86. The maximum atomic E-state index is 11.5. The minimum absolute atomic E-state index is 0.365. The van der Waals surface area contributed by atoms with E-state index < -0.39 is 0 Å². The predicted molar refractivity (Wildman–Crippen MR) is 65.4 cm³/mol. The van der Waals surface area contributed by atoms with Crippen molar-refractivity contribution < 1.29 is 4.79 Å². The number of thioether (sulfide) groups is 1. The lowest BCUT2D eigenvalue weighted by molar-refractivity contribution is -0.117. The quantitative estimate of drug-likeness (QED) is 0.744. The Balaban J connectivity index is 2.39. The predicted octanol–water partition coefficient (Wildman–Crippen LogP) is 3.18. The van der Waals surface area contributed by atoms with E-state index in [4.69, 9.17) is 0 Å². The molecule has 0 amide bonds. The van der Waals surface area contributed by atoms with Gasteiger partial charge in [-0.15, -0.1) is 11.3 Å². The Kier molecular flexibility index (Phi) is 5.26. The Morgan fingerprint density at radius 2 is 2.14 bits per heavy atom. The summed E-state index contributed by atoms with van der Waals surface area (Å²) in [5.74, 6) is 1.31. The van der Waals surface area contributed by atoms with Gasteiger partial charge in [0, 0.05) is 22.6 Å². The fourth-order valence-electron chi connectivity index (χ4n) is 1.21. The molecular weight excluding hydrogens is 212 g/mol. The van der Waals surface area contributed by atoms with Gasteiger partial charge in [-0.3, -0.25) is 4.79 Å². The van der Waals surface area contributed by atoms with Crippen molar-refractivity contribution in [1.82, 2.24) is 0 Å². The van der Waals surface area contributed by atoms with E-state index in [-0.39, 0.29) is 0 Å². The molecule has 1 heterocycles. The molecule has 0 N–H and O–H groups in total. The van der Waals surface area contributed by atoms with Crippen LogP contribution in [0.1, 0.15) is 23.1 Å². The highest BCUT2D eigenvalue weighted by molar-refractivity contribution is 7.98. The molecule has 0 radical (unpaired) electrons. The van der Waals surface area contributed by atoms with Crippen LogP contribution in [0, 0.1) is 0 Å². The van der Waals surface area contributed by atoms with Crippen LogP contribution in [0.15, 0.2) is 12.1 Å². The van der Waals surface area contributed by atoms with Crippen molar-refractivity contribution in [2.24, 2.45) is 0 Å². The van der Waals surface area contributed by atoms with Crippen LogP contribution in [0.25, 0.3) is 0 Å². The van der Waals surface area contributed by atoms with Gasteiger partial charge in [0.05, 0.1) is 0 Å². The summed E-state index contributed by atoms with van der Waals surface area (Å²) in [6, 6.07) is 4.21. The lowest BCUT2D eigenvalue weighted by atomic mass is 10.2. The van der Waals surface area contributed by atoms with Gasteiger partial charge in [0.25, 0.3) is 0 Å². The lowest BCUT2D eigenvalue weighted by Gasteiger charge is -1.96. The van der Waals surface area contributed by atoms with Gasteiger partial charge in [0.15, 0.2) is 0 Å². The van der Waals surface area contributed by atoms with Gasteiger partial charge in [-0.25, -0.2) is 0 Å². The zero-order valence-corrected chi connectivity index (χ0v) is 10.3. The first-order chi connectivity index (χ1) is 6.76. The monoisotopic (exact) mass is 228 g/mol. The molecule has 0 aliphatic heterocycles. The van der Waals surface area contributed by atoms with Crippen LogP contribution >= 0.6 is 23.1 Å². The van der Waals surface area contributed by atoms with E-state index >= 15 is 0 Å². The molecule has 1 nitrogen and oxygen atoms in total. The standard InChI is InChI=1S/C11H16OS2/c1-3-10-4-5-11(14-10)8-9(12)6-7-13-2/h4-5H,3,6-8H2,1-2H3. The second-order valence-electron chi connectivity index (χ2n) is 3.18. The number of rotatable bonds is 6. The van der Waals surface area contributed by atoms with Gasteiger partial charge in [-0.05, 0) is 30.6 Å². The molecule has 0 spiro atoms. The van der Waals surface area contributed by atoms with Crippen molar-refractivity contribution in [1.29, 1.82) is 0 Å². The second kappa shape index (κ2) is 6.25. The molecule has 0 fully saturated rings. The van der Waals surface area contributed by atoms with Gasteiger partial charge >= 0.3 is 0 Å². The maximum absolute atomic E-state index is 11.5. The van der Waals surface area contributed by atoms with Crippen LogP contribution in [0.4, 0.5) is 0 Å². The molecule has 1 aromatic rings. The molecule has 0 aliphatic carbocycles. The SMILES string of the molecule is CCc1ccc(CC(=O)CCSC)s1. The molecule has 3 heteroatoms. The van der Waals surface area contributed by atoms with Gasteiger partial charge < -0.3 is 0 Å². The third-order valence-electron chi connectivity index (χ3n) is 2.02. The van der Waals surface area contributed by atoms with E-state index in [9.17, 15) is 4.79 Å². The average molecular weight is 228 g/mol. The summed E-state index contributed by atoms with van der Waals surface area (Å²) < 4.78 is 0. The van der Waals surface area contributed by atoms with Crippen LogP contribution in [0.3, 0.4) is 0 Å². The molecule has 1 rings (SSSR count). The van der Waals surface area contributed by atoms with E-state index in [0.29, 0.717) is 18.6 Å². The summed E-state index contributed by atoms with van der Waals surface area (Å²) in [5.41, 5.74) is 0. The molecule has 0 aliphatic rings. The van der Waals surface area contributed by atoms with Crippen molar-refractivity contribution >= 4 is 28.9 Å². The Morgan fingerprint density at radius 3 is 2.71 bits per heavy atom. The zero-order valence-electron chi connectivity index (χ0n) is 8.71. The first-order valence-corrected chi connectivity index (χ1v) is 7.05. The number of thiophene rings is 1. The number of carbonyl (C=O) groups is 1. The fourth-order valence-corrected chi connectivity index (χ4v) is 2.62. The molecular formula is C11H16OS2. The third kappa shape index (κ3) is 3.84. The number of carbonyl (C=O) groups excluding carboxylic acids is 1. The van der Waals surface area contributed by atoms with Crippen molar-refractivity contribution in [3.63, 3.8) is 0 Å². The molecule has 0 saturated carbocycles. The molecule has 78 valence electrons. The topological polar surface area (TPSA) is 17.1 Å². The van der Waals surface area contributed by atoms with Crippen LogP contribution in [0.2, 0.25) is 0 Å². The van der Waals surface area contributed by atoms with E-state index in [1.54, 1.807) is 23.1 Å².